The number of hydrogen-bond donors (Lipinski definition) is 2. The van der Waals surface area contributed by atoms with Crippen molar-refractivity contribution in [2.75, 3.05) is 10.6 Å². The molecule has 0 fully saturated rings. The second-order valence-corrected chi connectivity index (χ2v) is 7.11. The number of hydrogen-bond acceptors (Lipinski definition) is 3. The van der Waals surface area contributed by atoms with Gasteiger partial charge in [-0.1, -0.05) is 23.2 Å². The Labute approximate surface area is 142 Å². The van der Waals surface area contributed by atoms with Gasteiger partial charge in [0.05, 0.1) is 15.7 Å². The fourth-order valence-electron chi connectivity index (χ4n) is 2.24. The van der Waals surface area contributed by atoms with Crippen molar-refractivity contribution in [2.24, 2.45) is 0 Å². The Bertz CT molecular complexity index is 661. The van der Waals surface area contributed by atoms with E-state index in [0.717, 1.165) is 23.7 Å². The highest BCUT2D eigenvalue weighted by molar-refractivity contribution is 7.80. The molecule has 2 aromatic rings. The van der Waals surface area contributed by atoms with Gasteiger partial charge >= 0.3 is 0 Å². The molecule has 2 N–H and O–H groups in total. The first-order chi connectivity index (χ1) is 10.1. The average Bonchev–Trinajstić information content (AvgIpc) is 2.84. The van der Waals surface area contributed by atoms with E-state index < -0.39 is 0 Å². The number of fused-ring (bicyclic) bond motifs is 1. The number of thiazole rings is 1. The SMILES string of the molecule is S=C(Nc1ccc(Cl)c(Cl)c1)Nc1nc2c(s1)CCCC2. The van der Waals surface area contributed by atoms with E-state index in [9.17, 15) is 0 Å². The minimum atomic E-state index is 0.495. The standard InChI is InChI=1S/C14H13Cl2N3S2/c15-9-6-5-8(7-10(9)16)17-13(20)19-14-18-11-3-1-2-4-12(11)21-14/h5-7H,1-4H2,(H2,17,18,19,20). The first kappa shape index (κ1) is 15.0. The molecule has 0 bridgehead atoms. The molecule has 0 aliphatic heterocycles. The third-order valence-corrected chi connectivity index (χ3v) is 5.26. The first-order valence-electron chi connectivity index (χ1n) is 6.63. The zero-order valence-electron chi connectivity index (χ0n) is 11.1. The van der Waals surface area contributed by atoms with Gasteiger partial charge in [0.25, 0.3) is 0 Å². The Kier molecular flexibility index (Phi) is 4.64. The Hall–Kier alpha value is -0.880. The van der Waals surface area contributed by atoms with E-state index in [1.807, 2.05) is 6.07 Å². The summed E-state index contributed by atoms with van der Waals surface area (Å²) in [6.07, 6.45) is 4.67. The molecule has 1 aliphatic carbocycles. The van der Waals surface area contributed by atoms with Crippen LogP contribution in [0, 0.1) is 0 Å². The van der Waals surface area contributed by atoms with E-state index in [2.05, 4.69) is 15.6 Å². The van der Waals surface area contributed by atoms with Crippen molar-refractivity contribution < 1.29 is 0 Å². The zero-order chi connectivity index (χ0) is 14.8. The Morgan fingerprint density at radius 3 is 2.71 bits per heavy atom. The Balaban J connectivity index is 1.66. The predicted octanol–water partition coefficient (Wildman–Crippen LogP) is 5.14. The molecule has 3 nitrogen and oxygen atoms in total. The first-order valence-corrected chi connectivity index (χ1v) is 8.61. The second-order valence-electron chi connectivity index (χ2n) is 4.80. The van der Waals surface area contributed by atoms with Gasteiger partial charge in [0.2, 0.25) is 0 Å². The minimum Gasteiger partial charge on any atom is -0.332 e. The lowest BCUT2D eigenvalue weighted by Gasteiger charge is -2.09. The van der Waals surface area contributed by atoms with Crippen LogP contribution in [0.5, 0.6) is 0 Å². The minimum absolute atomic E-state index is 0.495. The fraction of sp³-hybridized carbons (Fsp3) is 0.286. The highest BCUT2D eigenvalue weighted by Crippen LogP contribution is 2.30. The lowest BCUT2D eigenvalue weighted by atomic mass is 10.0. The summed E-state index contributed by atoms with van der Waals surface area (Å²) in [7, 11) is 0. The Morgan fingerprint density at radius 2 is 1.95 bits per heavy atom. The van der Waals surface area contributed by atoms with E-state index in [1.54, 1.807) is 23.5 Å². The maximum Gasteiger partial charge on any atom is 0.189 e. The average molecular weight is 358 g/mol. The third-order valence-electron chi connectivity index (χ3n) is 3.24. The number of aryl methyl sites for hydroxylation is 2. The van der Waals surface area contributed by atoms with E-state index in [4.69, 9.17) is 35.4 Å². The summed E-state index contributed by atoms with van der Waals surface area (Å²) in [6, 6.07) is 5.30. The van der Waals surface area contributed by atoms with Crippen molar-refractivity contribution in [2.45, 2.75) is 25.7 Å². The molecule has 21 heavy (non-hydrogen) atoms. The molecule has 3 rings (SSSR count). The molecule has 0 saturated heterocycles. The van der Waals surface area contributed by atoms with Gasteiger partial charge in [-0.2, -0.15) is 0 Å². The summed E-state index contributed by atoms with van der Waals surface area (Å²) in [5, 5.41) is 8.58. The van der Waals surface area contributed by atoms with Gasteiger partial charge in [-0.25, -0.2) is 4.98 Å². The van der Waals surface area contributed by atoms with Gasteiger partial charge < -0.3 is 10.6 Å². The molecular formula is C14H13Cl2N3S2. The molecule has 1 heterocycles. The highest BCUT2D eigenvalue weighted by Gasteiger charge is 2.15. The number of nitrogens with zero attached hydrogens (tertiary/aromatic N) is 1. The molecule has 0 radical (unpaired) electrons. The fourth-order valence-corrected chi connectivity index (χ4v) is 3.87. The van der Waals surface area contributed by atoms with Crippen molar-refractivity contribution in [3.05, 3.63) is 38.8 Å². The monoisotopic (exact) mass is 357 g/mol. The topological polar surface area (TPSA) is 37.0 Å². The summed E-state index contributed by atoms with van der Waals surface area (Å²) in [6.45, 7) is 0. The van der Waals surface area contributed by atoms with Crippen LogP contribution in [0.15, 0.2) is 18.2 Å². The van der Waals surface area contributed by atoms with Gasteiger partial charge in [0.15, 0.2) is 10.2 Å². The van der Waals surface area contributed by atoms with Crippen LogP contribution in [0.3, 0.4) is 0 Å². The summed E-state index contributed by atoms with van der Waals surface area (Å²) in [5.74, 6) is 0. The van der Waals surface area contributed by atoms with Crippen molar-refractivity contribution in [1.29, 1.82) is 0 Å². The van der Waals surface area contributed by atoms with Crippen LogP contribution in [0.25, 0.3) is 0 Å². The molecule has 7 heteroatoms. The van der Waals surface area contributed by atoms with Crippen LogP contribution < -0.4 is 10.6 Å². The number of thiocarbonyl (C=S) groups is 1. The lowest BCUT2D eigenvalue weighted by Crippen LogP contribution is -2.18. The molecule has 1 aromatic heterocycles. The molecule has 0 atom stereocenters. The van der Waals surface area contributed by atoms with Crippen LogP contribution in [-0.2, 0) is 12.8 Å². The number of benzene rings is 1. The second kappa shape index (κ2) is 6.48. The van der Waals surface area contributed by atoms with Gasteiger partial charge in [0.1, 0.15) is 0 Å². The molecule has 1 aliphatic rings. The molecule has 110 valence electrons. The van der Waals surface area contributed by atoms with Crippen molar-refractivity contribution in [3.63, 3.8) is 0 Å². The number of aromatic nitrogens is 1. The van der Waals surface area contributed by atoms with Crippen molar-refractivity contribution >= 4 is 62.7 Å². The van der Waals surface area contributed by atoms with Crippen LogP contribution in [0.1, 0.15) is 23.4 Å². The zero-order valence-corrected chi connectivity index (χ0v) is 14.2. The normalized spacial score (nSPS) is 13.6. The summed E-state index contributed by atoms with van der Waals surface area (Å²) >= 11 is 18.9. The number of halogens is 2. The Morgan fingerprint density at radius 1 is 1.14 bits per heavy atom. The highest BCUT2D eigenvalue weighted by atomic mass is 35.5. The van der Waals surface area contributed by atoms with Crippen LogP contribution in [0.4, 0.5) is 10.8 Å². The quantitative estimate of drug-likeness (QED) is 0.729. The van der Waals surface area contributed by atoms with E-state index in [1.165, 1.54) is 23.4 Å². The van der Waals surface area contributed by atoms with Gasteiger partial charge in [0, 0.05) is 10.6 Å². The third kappa shape index (κ3) is 3.66. The predicted molar refractivity (Wildman–Crippen MR) is 95.1 cm³/mol. The molecule has 0 unspecified atom stereocenters. The van der Waals surface area contributed by atoms with Gasteiger partial charge in [-0.05, 0) is 56.1 Å². The molecule has 0 amide bonds. The molecule has 0 saturated carbocycles. The largest absolute Gasteiger partial charge is 0.332 e. The smallest absolute Gasteiger partial charge is 0.189 e. The lowest BCUT2D eigenvalue weighted by molar-refractivity contribution is 0.683. The van der Waals surface area contributed by atoms with E-state index in [0.29, 0.717) is 15.2 Å². The van der Waals surface area contributed by atoms with Crippen LogP contribution in [-0.4, -0.2) is 10.1 Å². The van der Waals surface area contributed by atoms with Crippen molar-refractivity contribution in [1.82, 2.24) is 4.98 Å². The van der Waals surface area contributed by atoms with Gasteiger partial charge in [-0.15, -0.1) is 11.3 Å². The summed E-state index contributed by atoms with van der Waals surface area (Å²) in [4.78, 5) is 5.97. The number of anilines is 2. The molecule has 0 spiro atoms. The van der Waals surface area contributed by atoms with E-state index in [-0.39, 0.29) is 0 Å². The summed E-state index contributed by atoms with van der Waals surface area (Å²) < 4.78 is 0. The number of rotatable bonds is 2. The van der Waals surface area contributed by atoms with Gasteiger partial charge in [-0.3, -0.25) is 0 Å². The maximum atomic E-state index is 5.98. The molecule has 1 aromatic carbocycles. The van der Waals surface area contributed by atoms with Crippen LogP contribution in [0.2, 0.25) is 10.0 Å². The van der Waals surface area contributed by atoms with Crippen molar-refractivity contribution in [3.8, 4) is 0 Å². The summed E-state index contributed by atoms with van der Waals surface area (Å²) in [5.41, 5.74) is 2.01. The van der Waals surface area contributed by atoms with E-state index >= 15 is 0 Å². The number of nitrogens with one attached hydrogen (secondary N) is 2. The maximum absolute atomic E-state index is 5.98. The molecular weight excluding hydrogens is 345 g/mol. The van der Waals surface area contributed by atoms with Crippen LogP contribution >= 0.6 is 46.8 Å².